The molecule has 4 rings (SSSR count). The molecule has 0 fully saturated rings. The quantitative estimate of drug-likeness (QED) is 0.169. The molecule has 242 valence electrons. The molecule has 2 amide bonds. The Balaban J connectivity index is 1.80. The van der Waals surface area contributed by atoms with Crippen molar-refractivity contribution in [3.8, 4) is 5.75 Å². The van der Waals surface area contributed by atoms with Gasteiger partial charge in [0, 0.05) is 24.0 Å². The van der Waals surface area contributed by atoms with Gasteiger partial charge in [0.1, 0.15) is 18.3 Å². The molecule has 4 aromatic carbocycles. The highest BCUT2D eigenvalue weighted by Crippen LogP contribution is 2.27. The molecule has 0 spiro atoms. The largest absolute Gasteiger partial charge is 0.494 e. The second-order valence-electron chi connectivity index (χ2n) is 11.3. The van der Waals surface area contributed by atoms with E-state index in [1.165, 1.54) is 17.0 Å². The van der Waals surface area contributed by atoms with Crippen molar-refractivity contribution in [1.82, 2.24) is 10.2 Å². The molecule has 10 heteroatoms. The molecule has 1 N–H and O–H groups in total. The van der Waals surface area contributed by atoms with Crippen LogP contribution < -0.4 is 14.4 Å². The lowest BCUT2D eigenvalue weighted by Crippen LogP contribution is -2.54. The number of ether oxygens (including phenoxy) is 1. The zero-order valence-corrected chi connectivity index (χ0v) is 28.1. The van der Waals surface area contributed by atoms with Crippen molar-refractivity contribution in [2.45, 2.75) is 57.6 Å². The van der Waals surface area contributed by atoms with Crippen LogP contribution >= 0.6 is 11.6 Å². The maximum Gasteiger partial charge on any atom is 0.264 e. The molecule has 0 bridgehead atoms. The van der Waals surface area contributed by atoms with E-state index >= 15 is 0 Å². The van der Waals surface area contributed by atoms with E-state index in [4.69, 9.17) is 16.3 Å². The molecule has 0 saturated heterocycles. The molecule has 1 atom stereocenters. The molecule has 4 aromatic rings. The molecule has 0 heterocycles. The first-order chi connectivity index (χ1) is 22.0. The molecule has 0 saturated carbocycles. The van der Waals surface area contributed by atoms with E-state index in [0.717, 1.165) is 21.0 Å². The van der Waals surface area contributed by atoms with Crippen molar-refractivity contribution in [3.63, 3.8) is 0 Å². The normalized spacial score (nSPS) is 12.0. The lowest BCUT2D eigenvalue weighted by molar-refractivity contribution is -0.140. The number of halogens is 1. The minimum atomic E-state index is -4.20. The maximum absolute atomic E-state index is 14.5. The van der Waals surface area contributed by atoms with Gasteiger partial charge in [0.15, 0.2) is 0 Å². The summed E-state index contributed by atoms with van der Waals surface area (Å²) in [4.78, 5) is 29.8. The zero-order valence-electron chi connectivity index (χ0n) is 26.5. The van der Waals surface area contributed by atoms with E-state index < -0.39 is 28.5 Å². The van der Waals surface area contributed by atoms with Gasteiger partial charge >= 0.3 is 0 Å². The Morgan fingerprint density at radius 2 is 1.48 bits per heavy atom. The van der Waals surface area contributed by atoms with Gasteiger partial charge in [-0.25, -0.2) is 8.42 Å². The molecular formula is C36H40ClN3O5S. The number of carbonyl (C=O) groups is 2. The minimum absolute atomic E-state index is 0.0439. The molecule has 0 aliphatic rings. The summed E-state index contributed by atoms with van der Waals surface area (Å²) in [5, 5.41) is 3.49. The van der Waals surface area contributed by atoms with Crippen LogP contribution in [0.5, 0.6) is 5.75 Å². The lowest BCUT2D eigenvalue weighted by Gasteiger charge is -2.34. The van der Waals surface area contributed by atoms with E-state index in [0.29, 0.717) is 17.4 Å². The second-order valence-corrected chi connectivity index (χ2v) is 13.6. The number of aryl methyl sites for hydroxylation is 1. The van der Waals surface area contributed by atoms with Gasteiger partial charge in [0.25, 0.3) is 10.0 Å². The number of nitrogens with zero attached hydrogens (tertiary/aromatic N) is 2. The van der Waals surface area contributed by atoms with Crippen molar-refractivity contribution < 1.29 is 22.7 Å². The molecular weight excluding hydrogens is 622 g/mol. The summed E-state index contributed by atoms with van der Waals surface area (Å²) in [5.41, 5.74) is 2.78. The predicted molar refractivity (Wildman–Crippen MR) is 183 cm³/mol. The molecule has 0 aliphatic carbocycles. The first-order valence-corrected chi connectivity index (χ1v) is 17.0. The SMILES string of the molecule is CCOc1ccc(N(CC(=O)N(Cc2ccc(Cl)cc2)C(Cc2ccccc2)C(=O)NC(C)C)S(=O)(=O)c2ccc(C)cc2)cc1. The number of sulfonamides is 1. The van der Waals surface area contributed by atoms with E-state index in [2.05, 4.69) is 5.32 Å². The van der Waals surface area contributed by atoms with E-state index in [1.807, 2.05) is 58.0 Å². The Hall–Kier alpha value is -4.34. The Morgan fingerprint density at radius 1 is 0.848 bits per heavy atom. The summed E-state index contributed by atoms with van der Waals surface area (Å²) in [5.74, 6) is -0.308. The fraction of sp³-hybridized carbons (Fsp3) is 0.278. The minimum Gasteiger partial charge on any atom is -0.494 e. The average Bonchev–Trinajstić information content (AvgIpc) is 3.03. The van der Waals surface area contributed by atoms with Crippen LogP contribution in [-0.4, -0.2) is 50.4 Å². The van der Waals surface area contributed by atoms with Crippen molar-refractivity contribution >= 4 is 39.1 Å². The highest BCUT2D eigenvalue weighted by molar-refractivity contribution is 7.92. The number of benzene rings is 4. The van der Waals surface area contributed by atoms with Crippen LogP contribution in [0.3, 0.4) is 0 Å². The lowest BCUT2D eigenvalue weighted by atomic mass is 10.0. The first-order valence-electron chi connectivity index (χ1n) is 15.2. The zero-order chi connectivity index (χ0) is 33.3. The molecule has 1 unspecified atom stereocenters. The number of anilines is 1. The van der Waals surface area contributed by atoms with Crippen molar-refractivity contribution in [3.05, 3.63) is 125 Å². The summed E-state index contributed by atoms with van der Waals surface area (Å²) < 4.78 is 35.0. The number of hydrogen-bond acceptors (Lipinski definition) is 5. The summed E-state index contributed by atoms with van der Waals surface area (Å²) in [6.45, 7) is 7.39. The van der Waals surface area contributed by atoms with Crippen LogP contribution in [0.25, 0.3) is 0 Å². The summed E-state index contributed by atoms with van der Waals surface area (Å²) in [7, 11) is -4.20. The van der Waals surface area contributed by atoms with Crippen LogP contribution in [0.15, 0.2) is 108 Å². The number of nitrogens with one attached hydrogen (secondary N) is 1. The Morgan fingerprint density at radius 3 is 2.07 bits per heavy atom. The highest BCUT2D eigenvalue weighted by atomic mass is 35.5. The smallest absolute Gasteiger partial charge is 0.264 e. The highest BCUT2D eigenvalue weighted by Gasteiger charge is 2.34. The van der Waals surface area contributed by atoms with Crippen LogP contribution in [0, 0.1) is 6.92 Å². The number of carbonyl (C=O) groups excluding carboxylic acids is 2. The van der Waals surface area contributed by atoms with Gasteiger partial charge in [-0.1, -0.05) is 71.8 Å². The van der Waals surface area contributed by atoms with Gasteiger partial charge < -0.3 is 15.0 Å². The molecule has 0 radical (unpaired) electrons. The third-order valence-electron chi connectivity index (χ3n) is 7.29. The Kier molecular flexibility index (Phi) is 11.8. The van der Waals surface area contributed by atoms with E-state index in [9.17, 15) is 18.0 Å². The van der Waals surface area contributed by atoms with Gasteiger partial charge in [-0.05, 0) is 87.4 Å². The fourth-order valence-corrected chi connectivity index (χ4v) is 6.50. The van der Waals surface area contributed by atoms with Crippen LogP contribution in [-0.2, 0) is 32.6 Å². The molecule has 0 aromatic heterocycles. The number of amides is 2. The van der Waals surface area contributed by atoms with Gasteiger partial charge in [-0.15, -0.1) is 0 Å². The van der Waals surface area contributed by atoms with Crippen LogP contribution in [0.2, 0.25) is 5.02 Å². The number of hydrogen-bond donors (Lipinski definition) is 1. The van der Waals surface area contributed by atoms with E-state index in [-0.39, 0.29) is 35.5 Å². The summed E-state index contributed by atoms with van der Waals surface area (Å²) >= 11 is 6.15. The van der Waals surface area contributed by atoms with Gasteiger partial charge in [-0.3, -0.25) is 13.9 Å². The topological polar surface area (TPSA) is 96.0 Å². The number of rotatable bonds is 14. The summed E-state index contributed by atoms with van der Waals surface area (Å²) in [6, 6.07) is 28.4. The average molecular weight is 662 g/mol. The van der Waals surface area contributed by atoms with Crippen molar-refractivity contribution in [2.75, 3.05) is 17.5 Å². The first kappa shape index (κ1) is 34.5. The second kappa shape index (κ2) is 15.8. The Bertz CT molecular complexity index is 1700. The van der Waals surface area contributed by atoms with Crippen LogP contribution in [0.1, 0.15) is 37.5 Å². The van der Waals surface area contributed by atoms with E-state index in [1.54, 1.807) is 60.7 Å². The predicted octanol–water partition coefficient (Wildman–Crippen LogP) is 6.41. The standard InChI is InChI=1S/C36H40ClN3O5S/c1-5-45-32-19-17-31(18-20-32)40(46(43,44)33-21-11-27(4)12-22-33)25-35(41)39(24-29-13-15-30(37)16-14-29)34(36(42)38-26(2)3)23-28-9-7-6-8-10-28/h6-22,26,34H,5,23-25H2,1-4H3,(H,38,42). The van der Waals surface area contributed by atoms with Gasteiger partial charge in [0.05, 0.1) is 17.2 Å². The van der Waals surface area contributed by atoms with Crippen LogP contribution in [0.4, 0.5) is 5.69 Å². The summed E-state index contributed by atoms with van der Waals surface area (Å²) in [6.07, 6.45) is 0.229. The van der Waals surface area contributed by atoms with Gasteiger partial charge in [-0.2, -0.15) is 0 Å². The molecule has 8 nitrogen and oxygen atoms in total. The molecule has 0 aliphatic heterocycles. The van der Waals surface area contributed by atoms with Crippen molar-refractivity contribution in [2.24, 2.45) is 0 Å². The Labute approximate surface area is 277 Å². The molecule has 46 heavy (non-hydrogen) atoms. The third kappa shape index (κ3) is 9.11. The monoisotopic (exact) mass is 661 g/mol. The fourth-order valence-electron chi connectivity index (χ4n) is 4.96. The third-order valence-corrected chi connectivity index (χ3v) is 9.33. The van der Waals surface area contributed by atoms with Gasteiger partial charge in [0.2, 0.25) is 11.8 Å². The van der Waals surface area contributed by atoms with Crippen molar-refractivity contribution in [1.29, 1.82) is 0 Å². The maximum atomic E-state index is 14.5.